The lowest BCUT2D eigenvalue weighted by atomic mass is 10.1. The van der Waals surface area contributed by atoms with Crippen molar-refractivity contribution in [2.75, 3.05) is 14.2 Å². The summed E-state index contributed by atoms with van der Waals surface area (Å²) in [6.45, 7) is 1.59. The fraction of sp³-hybridized carbons (Fsp3) is 0.217. The number of methoxy groups -OCH3 is 2. The molecule has 170 valence electrons. The number of nitriles is 1. The Balaban J connectivity index is 1.86. The van der Waals surface area contributed by atoms with Gasteiger partial charge in [-0.15, -0.1) is 0 Å². The first-order valence-corrected chi connectivity index (χ1v) is 11.2. The number of rotatable bonds is 7. The molecule has 1 fully saturated rings. The number of carbonyl (C=O) groups excluding carboxylic acids is 3. The van der Waals surface area contributed by atoms with Crippen LogP contribution in [0.5, 0.6) is 11.5 Å². The molecule has 0 radical (unpaired) electrons. The van der Waals surface area contributed by atoms with Crippen molar-refractivity contribution in [3.63, 3.8) is 0 Å². The van der Waals surface area contributed by atoms with Gasteiger partial charge >= 0.3 is 5.97 Å². The van der Waals surface area contributed by atoms with E-state index in [1.54, 1.807) is 30.3 Å². The van der Waals surface area contributed by atoms with E-state index in [0.29, 0.717) is 27.1 Å². The first-order chi connectivity index (χ1) is 15.8. The summed E-state index contributed by atoms with van der Waals surface area (Å²) in [4.78, 5) is 37.8. The van der Waals surface area contributed by atoms with Crippen LogP contribution >= 0.6 is 27.7 Å². The van der Waals surface area contributed by atoms with Gasteiger partial charge in [0.25, 0.3) is 11.1 Å². The molecule has 1 saturated heterocycles. The van der Waals surface area contributed by atoms with Crippen molar-refractivity contribution in [2.24, 2.45) is 0 Å². The van der Waals surface area contributed by atoms with Crippen molar-refractivity contribution < 1.29 is 28.6 Å². The van der Waals surface area contributed by atoms with E-state index in [1.165, 1.54) is 27.2 Å². The number of thioether (sulfide) groups is 1. The molecule has 33 heavy (non-hydrogen) atoms. The molecular formula is C23H19BrN2O6S. The molecule has 1 heterocycles. The van der Waals surface area contributed by atoms with Gasteiger partial charge in [0.1, 0.15) is 12.6 Å². The molecule has 0 aliphatic carbocycles. The van der Waals surface area contributed by atoms with Crippen LogP contribution in [-0.2, 0) is 20.9 Å². The van der Waals surface area contributed by atoms with Gasteiger partial charge in [-0.25, -0.2) is 4.79 Å². The predicted octanol–water partition coefficient (Wildman–Crippen LogP) is 4.51. The van der Waals surface area contributed by atoms with Crippen LogP contribution in [0.15, 0.2) is 45.8 Å². The number of halogens is 1. The van der Waals surface area contributed by atoms with E-state index in [4.69, 9.17) is 9.47 Å². The van der Waals surface area contributed by atoms with Crippen LogP contribution in [0, 0.1) is 11.3 Å². The van der Waals surface area contributed by atoms with Crippen LogP contribution in [0.3, 0.4) is 0 Å². The SMILES string of the molecule is COC(=O)[C@H](C)N1C(=O)S/C(=C/c2cc(Br)c(OCc3ccccc3C#N)c(OC)c2)C1=O. The summed E-state index contributed by atoms with van der Waals surface area (Å²) < 4.78 is 16.6. The third-order valence-corrected chi connectivity index (χ3v) is 6.29. The quantitative estimate of drug-likeness (QED) is 0.380. The van der Waals surface area contributed by atoms with Gasteiger partial charge in [0, 0.05) is 5.56 Å². The second-order valence-electron chi connectivity index (χ2n) is 6.84. The number of amides is 2. The maximum absolute atomic E-state index is 12.7. The van der Waals surface area contributed by atoms with Crippen LogP contribution < -0.4 is 9.47 Å². The maximum atomic E-state index is 12.7. The minimum atomic E-state index is -1.03. The van der Waals surface area contributed by atoms with E-state index in [2.05, 4.69) is 26.7 Å². The second kappa shape index (κ2) is 10.6. The summed E-state index contributed by atoms with van der Waals surface area (Å²) in [5.74, 6) is -0.434. The summed E-state index contributed by atoms with van der Waals surface area (Å²) in [5.41, 5.74) is 1.83. The normalized spacial score (nSPS) is 15.4. The second-order valence-corrected chi connectivity index (χ2v) is 8.69. The summed E-state index contributed by atoms with van der Waals surface area (Å²) in [6.07, 6.45) is 1.54. The lowest BCUT2D eigenvalue weighted by Gasteiger charge is -2.18. The van der Waals surface area contributed by atoms with Crippen molar-refractivity contribution in [3.8, 4) is 17.6 Å². The number of esters is 1. The van der Waals surface area contributed by atoms with Crippen LogP contribution in [0.1, 0.15) is 23.6 Å². The molecule has 1 atom stereocenters. The van der Waals surface area contributed by atoms with Gasteiger partial charge in [0.2, 0.25) is 0 Å². The zero-order chi connectivity index (χ0) is 24.1. The first-order valence-electron chi connectivity index (χ1n) is 9.64. The highest BCUT2D eigenvalue weighted by Gasteiger charge is 2.41. The number of hydrogen-bond acceptors (Lipinski definition) is 8. The average Bonchev–Trinajstić information content (AvgIpc) is 3.09. The van der Waals surface area contributed by atoms with Gasteiger partial charge in [-0.05, 0) is 64.5 Å². The molecule has 8 nitrogen and oxygen atoms in total. The number of carbonyl (C=O) groups is 3. The van der Waals surface area contributed by atoms with Gasteiger partial charge in [0.15, 0.2) is 11.5 Å². The Bertz CT molecular complexity index is 1190. The van der Waals surface area contributed by atoms with Gasteiger partial charge in [0.05, 0.1) is 35.2 Å². The number of imide groups is 1. The molecule has 0 spiro atoms. The van der Waals surface area contributed by atoms with E-state index in [1.807, 2.05) is 6.07 Å². The smallest absolute Gasteiger partial charge is 0.328 e. The van der Waals surface area contributed by atoms with Gasteiger partial charge in [-0.1, -0.05) is 18.2 Å². The Kier molecular flexibility index (Phi) is 7.79. The van der Waals surface area contributed by atoms with Crippen molar-refractivity contribution in [1.29, 1.82) is 5.26 Å². The molecule has 10 heteroatoms. The molecular weight excluding hydrogens is 512 g/mol. The standard InChI is InChI=1S/C23H19BrN2O6S/c1-13(22(28)31-3)26-21(27)19(33-23(26)29)10-14-8-17(24)20(18(9-14)30-2)32-12-16-7-5-4-6-15(16)11-25/h4-10,13H,12H2,1-3H3/b19-10+/t13-/m0/s1. The zero-order valence-corrected chi connectivity index (χ0v) is 20.4. The van der Waals surface area contributed by atoms with Crippen molar-refractivity contribution in [3.05, 3.63) is 62.5 Å². The summed E-state index contributed by atoms with van der Waals surface area (Å²) in [6, 6.07) is 11.6. The topological polar surface area (TPSA) is 106 Å². The number of benzene rings is 2. The third-order valence-electron chi connectivity index (χ3n) is 4.81. The number of ether oxygens (including phenoxy) is 3. The summed E-state index contributed by atoms with van der Waals surface area (Å²) in [7, 11) is 2.67. The van der Waals surface area contributed by atoms with E-state index < -0.39 is 23.2 Å². The highest BCUT2D eigenvalue weighted by atomic mass is 79.9. The Labute approximate surface area is 203 Å². The first kappa shape index (κ1) is 24.4. The molecule has 0 aromatic heterocycles. The number of hydrogen-bond donors (Lipinski definition) is 0. The summed E-state index contributed by atoms with van der Waals surface area (Å²) >= 11 is 4.20. The van der Waals surface area contributed by atoms with Crippen molar-refractivity contribution >= 4 is 50.9 Å². The lowest BCUT2D eigenvalue weighted by molar-refractivity contribution is -0.148. The molecule has 2 aromatic rings. The third kappa shape index (κ3) is 5.21. The van der Waals surface area contributed by atoms with E-state index in [9.17, 15) is 19.6 Å². The fourth-order valence-corrected chi connectivity index (χ4v) is 4.59. The van der Waals surface area contributed by atoms with E-state index >= 15 is 0 Å². The predicted molar refractivity (Wildman–Crippen MR) is 125 cm³/mol. The minimum Gasteiger partial charge on any atom is -0.493 e. The average molecular weight is 531 g/mol. The molecule has 2 aromatic carbocycles. The fourth-order valence-electron chi connectivity index (χ4n) is 3.11. The molecule has 0 unspecified atom stereocenters. The van der Waals surface area contributed by atoms with Crippen LogP contribution in [-0.4, -0.2) is 42.3 Å². The molecule has 1 aliphatic heterocycles. The maximum Gasteiger partial charge on any atom is 0.328 e. The Morgan fingerprint density at radius 2 is 2.00 bits per heavy atom. The molecule has 3 rings (SSSR count). The monoisotopic (exact) mass is 530 g/mol. The van der Waals surface area contributed by atoms with E-state index in [0.717, 1.165) is 22.2 Å². The minimum absolute atomic E-state index is 0.155. The Morgan fingerprint density at radius 1 is 1.27 bits per heavy atom. The van der Waals surface area contributed by atoms with Gasteiger partial charge < -0.3 is 14.2 Å². The molecule has 0 bridgehead atoms. The van der Waals surface area contributed by atoms with Gasteiger partial charge in [-0.3, -0.25) is 14.5 Å². The Hall–Kier alpha value is -3.29. The Morgan fingerprint density at radius 3 is 2.67 bits per heavy atom. The van der Waals surface area contributed by atoms with Crippen LogP contribution in [0.4, 0.5) is 4.79 Å². The van der Waals surface area contributed by atoms with Crippen LogP contribution in [0.25, 0.3) is 6.08 Å². The highest BCUT2D eigenvalue weighted by Crippen LogP contribution is 2.40. The largest absolute Gasteiger partial charge is 0.493 e. The summed E-state index contributed by atoms with van der Waals surface area (Å²) in [5, 5.41) is 8.70. The molecule has 0 N–H and O–H groups in total. The molecule has 0 saturated carbocycles. The van der Waals surface area contributed by atoms with Gasteiger partial charge in [-0.2, -0.15) is 5.26 Å². The molecule has 1 aliphatic rings. The lowest BCUT2D eigenvalue weighted by Crippen LogP contribution is -2.42. The van der Waals surface area contributed by atoms with E-state index in [-0.39, 0.29) is 11.5 Å². The van der Waals surface area contributed by atoms with Crippen LogP contribution in [0.2, 0.25) is 0 Å². The van der Waals surface area contributed by atoms with Crippen molar-refractivity contribution in [1.82, 2.24) is 4.90 Å². The number of nitrogens with zero attached hydrogens (tertiary/aromatic N) is 2. The van der Waals surface area contributed by atoms with Crippen molar-refractivity contribution in [2.45, 2.75) is 19.6 Å². The molecule has 2 amide bonds. The highest BCUT2D eigenvalue weighted by molar-refractivity contribution is 9.10. The zero-order valence-electron chi connectivity index (χ0n) is 18.0.